The van der Waals surface area contributed by atoms with Gasteiger partial charge in [0.1, 0.15) is 5.76 Å². The minimum Gasteiger partial charge on any atom is -0.481 e. The Balaban J connectivity index is 1.80. The van der Waals surface area contributed by atoms with Gasteiger partial charge in [0.25, 0.3) is 5.91 Å². The van der Waals surface area contributed by atoms with Crippen molar-refractivity contribution in [1.82, 2.24) is 10.1 Å². The van der Waals surface area contributed by atoms with Gasteiger partial charge in [-0.1, -0.05) is 32.3 Å². The number of aliphatic carboxylic acids is 1. The van der Waals surface area contributed by atoms with Crippen LogP contribution in [-0.4, -0.2) is 40.1 Å². The number of amides is 1. The van der Waals surface area contributed by atoms with E-state index in [4.69, 9.17) is 4.52 Å². The Morgan fingerprint density at radius 3 is 2.73 bits per heavy atom. The second-order valence-corrected chi connectivity index (χ2v) is 7.56. The fraction of sp³-hybridized carbons (Fsp3) is 0.688. The molecule has 1 aliphatic heterocycles. The summed E-state index contributed by atoms with van der Waals surface area (Å²) in [5.74, 6) is -0.291. The average molecular weight is 306 g/mol. The topological polar surface area (TPSA) is 83.6 Å². The largest absolute Gasteiger partial charge is 0.481 e. The van der Waals surface area contributed by atoms with Gasteiger partial charge in [0.2, 0.25) is 0 Å². The van der Waals surface area contributed by atoms with Gasteiger partial charge in [0, 0.05) is 24.6 Å². The Bertz CT molecular complexity index is 616. The molecule has 1 aromatic rings. The van der Waals surface area contributed by atoms with Crippen molar-refractivity contribution in [1.29, 1.82) is 0 Å². The number of carbonyl (C=O) groups is 2. The molecular formula is C16H22N2O4. The van der Waals surface area contributed by atoms with E-state index in [9.17, 15) is 14.7 Å². The number of fused-ring (bicyclic) bond motifs is 1. The smallest absolute Gasteiger partial charge is 0.311 e. The highest BCUT2D eigenvalue weighted by molar-refractivity contribution is 5.93. The van der Waals surface area contributed by atoms with Crippen LogP contribution in [0.15, 0.2) is 10.6 Å². The summed E-state index contributed by atoms with van der Waals surface area (Å²) in [4.78, 5) is 25.9. The third-order valence-electron chi connectivity index (χ3n) is 5.05. The monoisotopic (exact) mass is 306 g/mol. The van der Waals surface area contributed by atoms with E-state index in [1.54, 1.807) is 11.0 Å². The Morgan fingerprint density at radius 2 is 2.18 bits per heavy atom. The molecule has 0 aromatic carbocycles. The fourth-order valence-corrected chi connectivity index (χ4v) is 3.69. The third-order valence-corrected chi connectivity index (χ3v) is 5.05. The molecule has 0 spiro atoms. The van der Waals surface area contributed by atoms with E-state index in [1.165, 1.54) is 0 Å². The quantitative estimate of drug-likeness (QED) is 0.906. The van der Waals surface area contributed by atoms with Gasteiger partial charge >= 0.3 is 5.97 Å². The van der Waals surface area contributed by atoms with Crippen LogP contribution in [0.3, 0.4) is 0 Å². The molecule has 1 amide bonds. The lowest BCUT2D eigenvalue weighted by Gasteiger charge is -2.22. The van der Waals surface area contributed by atoms with E-state index in [-0.39, 0.29) is 29.5 Å². The highest BCUT2D eigenvalue weighted by Crippen LogP contribution is 2.49. The maximum absolute atomic E-state index is 12.6. The van der Waals surface area contributed by atoms with Gasteiger partial charge in [-0.2, -0.15) is 0 Å². The van der Waals surface area contributed by atoms with Gasteiger partial charge in [-0.15, -0.1) is 0 Å². The van der Waals surface area contributed by atoms with Gasteiger partial charge < -0.3 is 14.5 Å². The molecule has 22 heavy (non-hydrogen) atoms. The van der Waals surface area contributed by atoms with Crippen LogP contribution in [0.1, 0.15) is 56.3 Å². The minimum absolute atomic E-state index is 0.0583. The van der Waals surface area contributed by atoms with Gasteiger partial charge in [0.05, 0.1) is 5.41 Å². The summed E-state index contributed by atoms with van der Waals surface area (Å²) in [7, 11) is 0. The molecule has 2 heterocycles. The van der Waals surface area contributed by atoms with Crippen LogP contribution in [0.4, 0.5) is 0 Å². The van der Waals surface area contributed by atoms with Crippen molar-refractivity contribution in [2.75, 3.05) is 13.1 Å². The van der Waals surface area contributed by atoms with Crippen LogP contribution in [0.25, 0.3) is 0 Å². The molecule has 0 unspecified atom stereocenters. The normalized spacial score (nSPS) is 28.0. The van der Waals surface area contributed by atoms with E-state index in [0.29, 0.717) is 18.7 Å². The molecule has 2 aliphatic rings. The summed E-state index contributed by atoms with van der Waals surface area (Å²) < 4.78 is 5.26. The molecule has 6 nitrogen and oxygen atoms in total. The first-order valence-corrected chi connectivity index (χ1v) is 7.74. The van der Waals surface area contributed by atoms with Crippen molar-refractivity contribution in [3.63, 3.8) is 0 Å². The highest BCUT2D eigenvalue weighted by atomic mass is 16.5. The number of rotatable bonds is 2. The molecule has 1 aliphatic carbocycles. The van der Waals surface area contributed by atoms with Crippen LogP contribution in [-0.2, 0) is 10.2 Å². The maximum Gasteiger partial charge on any atom is 0.311 e. The summed E-state index contributed by atoms with van der Waals surface area (Å²) >= 11 is 0. The van der Waals surface area contributed by atoms with Crippen molar-refractivity contribution in [3.05, 3.63) is 17.5 Å². The van der Waals surface area contributed by atoms with E-state index in [2.05, 4.69) is 5.16 Å². The Morgan fingerprint density at radius 1 is 1.45 bits per heavy atom. The molecule has 3 rings (SSSR count). The van der Waals surface area contributed by atoms with Crippen LogP contribution in [0.5, 0.6) is 0 Å². The first-order chi connectivity index (χ1) is 10.2. The SMILES string of the molecule is CC(C)(C)c1cc(C(=O)N2C[C@@H]3CCC[C@@]3(C(=O)O)C2)no1. The molecule has 120 valence electrons. The third kappa shape index (κ3) is 2.21. The molecule has 1 saturated carbocycles. The lowest BCUT2D eigenvalue weighted by molar-refractivity contribution is -0.149. The summed E-state index contributed by atoms with van der Waals surface area (Å²) in [6.07, 6.45) is 2.46. The van der Waals surface area contributed by atoms with Gasteiger partial charge in [-0.05, 0) is 18.8 Å². The number of aromatic nitrogens is 1. The summed E-state index contributed by atoms with van der Waals surface area (Å²) in [6, 6.07) is 1.67. The first-order valence-electron chi connectivity index (χ1n) is 7.74. The molecule has 0 bridgehead atoms. The predicted octanol–water partition coefficient (Wildman–Crippen LogP) is 2.30. The Kier molecular flexibility index (Phi) is 3.30. The molecular weight excluding hydrogens is 284 g/mol. The summed E-state index contributed by atoms with van der Waals surface area (Å²) in [5, 5.41) is 13.5. The number of nitrogens with zero attached hydrogens (tertiary/aromatic N) is 2. The van der Waals surface area contributed by atoms with Crippen molar-refractivity contribution in [2.24, 2.45) is 11.3 Å². The lowest BCUT2D eigenvalue weighted by Crippen LogP contribution is -2.37. The van der Waals surface area contributed by atoms with Gasteiger partial charge in [-0.25, -0.2) is 0 Å². The van der Waals surface area contributed by atoms with Crippen molar-refractivity contribution >= 4 is 11.9 Å². The van der Waals surface area contributed by atoms with Crippen LogP contribution >= 0.6 is 0 Å². The number of carbonyl (C=O) groups excluding carboxylic acids is 1. The van der Waals surface area contributed by atoms with E-state index in [1.807, 2.05) is 20.8 Å². The van der Waals surface area contributed by atoms with Crippen LogP contribution < -0.4 is 0 Å². The van der Waals surface area contributed by atoms with E-state index in [0.717, 1.165) is 12.8 Å². The maximum atomic E-state index is 12.6. The zero-order valence-corrected chi connectivity index (χ0v) is 13.3. The molecule has 1 saturated heterocycles. The summed E-state index contributed by atoms with van der Waals surface area (Å²) in [5.41, 5.74) is -0.702. The second kappa shape index (κ2) is 4.83. The van der Waals surface area contributed by atoms with Crippen molar-refractivity contribution in [3.8, 4) is 0 Å². The molecule has 6 heteroatoms. The highest BCUT2D eigenvalue weighted by Gasteiger charge is 2.56. The zero-order chi connectivity index (χ0) is 16.1. The number of carboxylic acids is 1. The fourth-order valence-electron chi connectivity index (χ4n) is 3.69. The zero-order valence-electron chi connectivity index (χ0n) is 13.3. The molecule has 0 radical (unpaired) electrons. The van der Waals surface area contributed by atoms with Gasteiger partial charge in [-0.3, -0.25) is 9.59 Å². The Hall–Kier alpha value is -1.85. The standard InChI is InChI=1S/C16H22N2O4/c1-15(2,3)12-7-11(17-22-12)13(19)18-8-10-5-4-6-16(10,9-18)14(20)21/h7,10H,4-6,8-9H2,1-3H3,(H,20,21)/t10-,16+/m0/s1. The molecule has 1 aromatic heterocycles. The average Bonchev–Trinajstić information content (AvgIpc) is 3.10. The number of likely N-dealkylation sites (tertiary alicyclic amines) is 1. The van der Waals surface area contributed by atoms with Crippen LogP contribution in [0.2, 0.25) is 0 Å². The predicted molar refractivity (Wildman–Crippen MR) is 78.5 cm³/mol. The van der Waals surface area contributed by atoms with Crippen LogP contribution in [0, 0.1) is 11.3 Å². The van der Waals surface area contributed by atoms with Crippen molar-refractivity contribution in [2.45, 2.75) is 45.4 Å². The van der Waals surface area contributed by atoms with Crippen molar-refractivity contribution < 1.29 is 19.2 Å². The second-order valence-electron chi connectivity index (χ2n) is 7.56. The lowest BCUT2D eigenvalue weighted by atomic mass is 9.81. The minimum atomic E-state index is -0.777. The summed E-state index contributed by atoms with van der Waals surface area (Å²) in [6.45, 7) is 6.75. The number of carboxylic acid groups (broad SMARTS) is 1. The van der Waals surface area contributed by atoms with E-state index < -0.39 is 11.4 Å². The first kappa shape index (κ1) is 15.1. The number of hydrogen-bond donors (Lipinski definition) is 1. The molecule has 1 N–H and O–H groups in total. The molecule has 2 fully saturated rings. The Labute approximate surface area is 129 Å². The number of hydrogen-bond acceptors (Lipinski definition) is 4. The van der Waals surface area contributed by atoms with Gasteiger partial charge in [0.15, 0.2) is 5.69 Å². The molecule has 2 atom stereocenters. The van der Waals surface area contributed by atoms with E-state index >= 15 is 0 Å².